The summed E-state index contributed by atoms with van der Waals surface area (Å²) in [5.41, 5.74) is 5.43. The summed E-state index contributed by atoms with van der Waals surface area (Å²) < 4.78 is 0. The summed E-state index contributed by atoms with van der Waals surface area (Å²) in [5.74, 6) is -0.996. The highest BCUT2D eigenvalue weighted by Crippen LogP contribution is 2.30. The van der Waals surface area contributed by atoms with Crippen molar-refractivity contribution < 1.29 is 19.8 Å². The number of nitrogens with one attached hydrogen (secondary N) is 1. The summed E-state index contributed by atoms with van der Waals surface area (Å²) in [6.07, 6.45) is 2.67. The van der Waals surface area contributed by atoms with E-state index in [1.54, 1.807) is 0 Å². The molecule has 5 N–H and O–H groups in total. The van der Waals surface area contributed by atoms with Gasteiger partial charge in [-0.05, 0) is 24.7 Å². The highest BCUT2D eigenvalue weighted by Gasteiger charge is 2.27. The Bertz CT molecular complexity index is 283. The van der Waals surface area contributed by atoms with Crippen molar-refractivity contribution >= 4 is 11.9 Å². The molecule has 3 atom stereocenters. The first-order valence-electron chi connectivity index (χ1n) is 5.90. The van der Waals surface area contributed by atoms with Gasteiger partial charge in [-0.15, -0.1) is 0 Å². The van der Waals surface area contributed by atoms with Gasteiger partial charge in [0.05, 0.1) is 12.5 Å². The lowest BCUT2D eigenvalue weighted by Gasteiger charge is -2.19. The van der Waals surface area contributed by atoms with E-state index in [0.29, 0.717) is 6.54 Å². The molecule has 0 saturated heterocycles. The molecule has 6 nitrogen and oxygen atoms in total. The molecular formula is C11H20N2O4. The number of aliphatic hydroxyl groups excluding tert-OH is 1. The first-order chi connectivity index (χ1) is 8.04. The van der Waals surface area contributed by atoms with Gasteiger partial charge in [-0.1, -0.05) is 6.42 Å². The van der Waals surface area contributed by atoms with Crippen molar-refractivity contribution in [3.8, 4) is 0 Å². The molecule has 98 valence electrons. The zero-order chi connectivity index (χ0) is 12.8. The first kappa shape index (κ1) is 13.9. The summed E-state index contributed by atoms with van der Waals surface area (Å²) in [6.45, 7) is 0.610. The van der Waals surface area contributed by atoms with E-state index >= 15 is 0 Å². The first-order valence-corrected chi connectivity index (χ1v) is 5.90. The Hall–Kier alpha value is -1.14. The third-order valence-corrected chi connectivity index (χ3v) is 3.32. The van der Waals surface area contributed by atoms with Gasteiger partial charge in [0.15, 0.2) is 0 Å². The van der Waals surface area contributed by atoms with E-state index < -0.39 is 17.9 Å². The third kappa shape index (κ3) is 4.32. The van der Waals surface area contributed by atoms with Crippen molar-refractivity contribution in [2.24, 2.45) is 17.6 Å². The molecule has 3 unspecified atom stereocenters. The van der Waals surface area contributed by atoms with Crippen molar-refractivity contribution in [1.82, 2.24) is 5.32 Å². The number of aliphatic hydroxyl groups is 1. The van der Waals surface area contributed by atoms with Gasteiger partial charge in [0, 0.05) is 13.2 Å². The number of carbonyl (C=O) groups is 2. The van der Waals surface area contributed by atoms with Gasteiger partial charge in [-0.25, -0.2) is 0 Å². The van der Waals surface area contributed by atoms with Gasteiger partial charge in [-0.2, -0.15) is 0 Å². The monoisotopic (exact) mass is 244 g/mol. The number of aliphatic carboxylic acids is 1. The Kier molecular flexibility index (Phi) is 5.37. The average molecular weight is 244 g/mol. The number of hydrogen-bond acceptors (Lipinski definition) is 4. The Morgan fingerprint density at radius 1 is 1.35 bits per heavy atom. The Labute approximate surface area is 100 Å². The maximum Gasteiger partial charge on any atom is 0.305 e. The Morgan fingerprint density at radius 3 is 2.59 bits per heavy atom. The predicted octanol–water partition coefficient (Wildman–Crippen LogP) is -0.687. The van der Waals surface area contributed by atoms with E-state index in [1.807, 2.05) is 0 Å². The molecule has 1 aliphatic carbocycles. The van der Waals surface area contributed by atoms with Crippen LogP contribution in [0.5, 0.6) is 0 Å². The van der Waals surface area contributed by atoms with Crippen LogP contribution in [0.3, 0.4) is 0 Å². The number of hydrogen-bond donors (Lipinski definition) is 4. The van der Waals surface area contributed by atoms with E-state index in [2.05, 4.69) is 5.32 Å². The maximum atomic E-state index is 11.5. The van der Waals surface area contributed by atoms with Crippen LogP contribution < -0.4 is 11.1 Å². The zero-order valence-corrected chi connectivity index (χ0v) is 9.76. The smallest absolute Gasteiger partial charge is 0.305 e. The molecule has 17 heavy (non-hydrogen) atoms. The fraction of sp³-hybridized carbons (Fsp3) is 0.818. The minimum absolute atomic E-state index is 0.141. The van der Waals surface area contributed by atoms with Crippen LogP contribution in [-0.4, -0.2) is 41.3 Å². The molecule has 1 rings (SSSR count). The van der Waals surface area contributed by atoms with Crippen LogP contribution in [0.4, 0.5) is 0 Å². The van der Waals surface area contributed by atoms with Crippen LogP contribution in [0.2, 0.25) is 0 Å². The van der Waals surface area contributed by atoms with E-state index in [-0.39, 0.29) is 24.9 Å². The molecular weight excluding hydrogens is 224 g/mol. The van der Waals surface area contributed by atoms with Crippen molar-refractivity contribution in [3.63, 3.8) is 0 Å². The van der Waals surface area contributed by atoms with Crippen LogP contribution >= 0.6 is 0 Å². The normalized spacial score (nSPS) is 25.5. The molecule has 1 saturated carbocycles. The average Bonchev–Trinajstić information content (AvgIpc) is 2.72. The van der Waals surface area contributed by atoms with Gasteiger partial charge in [0.1, 0.15) is 0 Å². The highest BCUT2D eigenvalue weighted by molar-refractivity contribution is 5.85. The number of rotatable bonds is 6. The highest BCUT2D eigenvalue weighted by atomic mass is 16.4. The molecule has 1 amide bonds. The van der Waals surface area contributed by atoms with Gasteiger partial charge in [-0.3, -0.25) is 9.59 Å². The van der Waals surface area contributed by atoms with Gasteiger partial charge < -0.3 is 21.3 Å². The molecule has 0 aromatic carbocycles. The van der Waals surface area contributed by atoms with Crippen LogP contribution in [0.1, 0.15) is 25.7 Å². The van der Waals surface area contributed by atoms with Crippen LogP contribution in [-0.2, 0) is 9.59 Å². The van der Waals surface area contributed by atoms with Gasteiger partial charge in [0.2, 0.25) is 5.91 Å². The lowest BCUT2D eigenvalue weighted by molar-refractivity contribution is -0.139. The van der Waals surface area contributed by atoms with Crippen molar-refractivity contribution in [2.45, 2.75) is 31.7 Å². The second-order valence-corrected chi connectivity index (χ2v) is 4.58. The lowest BCUT2D eigenvalue weighted by Crippen LogP contribution is -2.44. The van der Waals surface area contributed by atoms with E-state index in [9.17, 15) is 9.59 Å². The van der Waals surface area contributed by atoms with Crippen LogP contribution in [0.25, 0.3) is 0 Å². The molecule has 0 bridgehead atoms. The molecule has 0 heterocycles. The Morgan fingerprint density at radius 2 is 2.00 bits per heavy atom. The quantitative estimate of drug-likeness (QED) is 0.494. The number of carbonyl (C=O) groups excluding carboxylic acids is 1. The second-order valence-electron chi connectivity index (χ2n) is 4.58. The molecule has 0 aliphatic heterocycles. The van der Waals surface area contributed by atoms with Crippen molar-refractivity contribution in [2.75, 3.05) is 13.2 Å². The number of carboxylic acid groups (broad SMARTS) is 1. The lowest BCUT2D eigenvalue weighted by atomic mass is 9.97. The molecule has 6 heteroatoms. The maximum absolute atomic E-state index is 11.5. The molecule has 1 aliphatic rings. The Balaban J connectivity index is 2.30. The SMILES string of the molecule is NC(CC(=O)O)C(=O)NCC1CCCC1CO. The summed E-state index contributed by atoms with van der Waals surface area (Å²) in [4.78, 5) is 21.8. The van der Waals surface area contributed by atoms with Crippen LogP contribution in [0, 0.1) is 11.8 Å². The fourth-order valence-corrected chi connectivity index (χ4v) is 2.27. The summed E-state index contributed by atoms with van der Waals surface area (Å²) >= 11 is 0. The molecule has 0 spiro atoms. The summed E-state index contributed by atoms with van der Waals surface area (Å²) in [5, 5.41) is 20.3. The van der Waals surface area contributed by atoms with Gasteiger partial charge >= 0.3 is 5.97 Å². The van der Waals surface area contributed by atoms with E-state index in [1.165, 1.54) is 0 Å². The zero-order valence-electron chi connectivity index (χ0n) is 9.76. The second kappa shape index (κ2) is 6.56. The molecule has 0 radical (unpaired) electrons. The predicted molar refractivity (Wildman–Crippen MR) is 61.2 cm³/mol. The van der Waals surface area contributed by atoms with E-state index in [0.717, 1.165) is 19.3 Å². The molecule has 1 fully saturated rings. The number of nitrogens with two attached hydrogens (primary N) is 1. The summed E-state index contributed by atoms with van der Waals surface area (Å²) in [7, 11) is 0. The fourth-order valence-electron chi connectivity index (χ4n) is 2.27. The minimum atomic E-state index is -1.08. The minimum Gasteiger partial charge on any atom is -0.481 e. The largest absolute Gasteiger partial charge is 0.481 e. The number of amides is 1. The van der Waals surface area contributed by atoms with Crippen molar-refractivity contribution in [3.05, 3.63) is 0 Å². The number of carboxylic acids is 1. The standard InChI is InChI=1S/C11H20N2O4/c12-9(4-10(15)16)11(17)13-5-7-2-1-3-8(7)6-14/h7-9,14H,1-6,12H2,(H,13,17)(H,15,16). The molecule has 0 aromatic heterocycles. The van der Waals surface area contributed by atoms with Crippen molar-refractivity contribution in [1.29, 1.82) is 0 Å². The van der Waals surface area contributed by atoms with Crippen LogP contribution in [0.15, 0.2) is 0 Å². The summed E-state index contributed by atoms with van der Waals surface area (Å²) in [6, 6.07) is -0.999. The third-order valence-electron chi connectivity index (χ3n) is 3.32. The van der Waals surface area contributed by atoms with Gasteiger partial charge in [0.25, 0.3) is 0 Å². The topological polar surface area (TPSA) is 113 Å². The molecule has 0 aromatic rings. The van der Waals surface area contributed by atoms with E-state index in [4.69, 9.17) is 15.9 Å².